The van der Waals surface area contributed by atoms with Gasteiger partial charge in [-0.25, -0.2) is 4.72 Å². The second-order valence-electron chi connectivity index (χ2n) is 5.00. The van der Waals surface area contributed by atoms with Gasteiger partial charge in [-0.3, -0.25) is 8.99 Å². The molecule has 0 aliphatic carbocycles. The fourth-order valence-corrected chi connectivity index (χ4v) is 3.39. The molecule has 6 heteroatoms. The lowest BCUT2D eigenvalue weighted by Crippen LogP contribution is -2.38. The minimum absolute atomic E-state index is 0.494. The molecular weight excluding hydrogens is 234 g/mol. The number of nitrogens with zero attached hydrogens (tertiary/aromatic N) is 3. The quantitative estimate of drug-likeness (QED) is 0.735. The highest BCUT2D eigenvalue weighted by Crippen LogP contribution is 2.33. The predicted octanol–water partition coefficient (Wildman–Crippen LogP) is 1.12. The molecule has 0 saturated carbocycles. The van der Waals surface area contributed by atoms with Crippen molar-refractivity contribution < 1.29 is 0 Å². The molecule has 0 spiro atoms. The second-order valence-corrected chi connectivity index (χ2v) is 5.82. The lowest BCUT2D eigenvalue weighted by atomic mass is 10.1. The van der Waals surface area contributed by atoms with Crippen LogP contribution in [0, 0.1) is 0 Å². The van der Waals surface area contributed by atoms with E-state index in [1.54, 1.807) is 12.1 Å². The number of rotatable bonds is 1. The third kappa shape index (κ3) is 1.84. The summed E-state index contributed by atoms with van der Waals surface area (Å²) in [6, 6.07) is 1.51. The van der Waals surface area contributed by atoms with E-state index in [0.717, 1.165) is 13.1 Å². The highest BCUT2D eigenvalue weighted by atomic mass is 32.2. The van der Waals surface area contributed by atoms with Crippen LogP contribution < -0.4 is 14.3 Å². The van der Waals surface area contributed by atoms with Crippen LogP contribution in [0.25, 0.3) is 0 Å². The van der Waals surface area contributed by atoms with E-state index >= 15 is 0 Å². The van der Waals surface area contributed by atoms with Crippen molar-refractivity contribution >= 4 is 17.8 Å². The molecule has 94 valence electrons. The van der Waals surface area contributed by atoms with Crippen molar-refractivity contribution in [2.24, 2.45) is 0 Å². The lowest BCUT2D eigenvalue weighted by molar-refractivity contribution is 0.389. The first-order valence-corrected chi connectivity index (χ1v) is 6.94. The van der Waals surface area contributed by atoms with E-state index in [2.05, 4.69) is 44.9 Å². The highest BCUT2D eigenvalue weighted by Gasteiger charge is 2.32. The van der Waals surface area contributed by atoms with Crippen LogP contribution in [0.5, 0.6) is 0 Å². The summed E-state index contributed by atoms with van der Waals surface area (Å²) >= 11 is 1.69. The highest BCUT2D eigenvalue weighted by molar-refractivity contribution is 7.99. The number of aromatic nitrogens is 2. The molecule has 1 aromatic rings. The molecule has 0 amide bonds. The predicted molar refractivity (Wildman–Crippen MR) is 70.7 cm³/mol. The van der Waals surface area contributed by atoms with Crippen LogP contribution in [0.1, 0.15) is 26.5 Å². The van der Waals surface area contributed by atoms with Crippen LogP contribution in [-0.2, 0) is 13.1 Å². The Balaban J connectivity index is 1.90. The van der Waals surface area contributed by atoms with E-state index in [0.29, 0.717) is 18.1 Å². The maximum atomic E-state index is 4.51. The summed E-state index contributed by atoms with van der Waals surface area (Å²) < 4.78 is 7.87. The number of anilines is 1. The van der Waals surface area contributed by atoms with Gasteiger partial charge in [0.25, 0.3) is 0 Å². The molecule has 2 aliphatic rings. The van der Waals surface area contributed by atoms with Gasteiger partial charge in [-0.05, 0) is 20.8 Å². The molecule has 2 unspecified atom stereocenters. The summed E-state index contributed by atoms with van der Waals surface area (Å²) in [5, 5.41) is 8.00. The maximum absolute atomic E-state index is 4.51. The third-order valence-corrected chi connectivity index (χ3v) is 4.86. The number of fused-ring (bicyclic) bond motifs is 1. The van der Waals surface area contributed by atoms with E-state index in [9.17, 15) is 0 Å². The zero-order valence-electron chi connectivity index (χ0n) is 10.5. The molecule has 3 atom stereocenters. The van der Waals surface area contributed by atoms with Gasteiger partial charge in [0.2, 0.25) is 0 Å². The number of hydrogen-bond donors (Lipinski definition) is 2. The van der Waals surface area contributed by atoms with Gasteiger partial charge in [0, 0.05) is 30.8 Å². The van der Waals surface area contributed by atoms with Crippen LogP contribution in [0.4, 0.5) is 5.69 Å². The fraction of sp³-hybridized carbons (Fsp3) is 0.727. The molecule has 1 saturated heterocycles. The van der Waals surface area contributed by atoms with Gasteiger partial charge in [-0.2, -0.15) is 5.10 Å². The van der Waals surface area contributed by atoms with Crippen molar-refractivity contribution in [3.8, 4) is 0 Å². The van der Waals surface area contributed by atoms with Crippen molar-refractivity contribution in [2.45, 2.75) is 52.0 Å². The minimum atomic E-state index is 0.494. The van der Waals surface area contributed by atoms with Crippen molar-refractivity contribution in [1.82, 2.24) is 19.8 Å². The Labute approximate surface area is 106 Å². The van der Waals surface area contributed by atoms with Crippen molar-refractivity contribution in [3.05, 3.63) is 11.9 Å². The summed E-state index contributed by atoms with van der Waals surface area (Å²) in [5.74, 6) is 0. The summed E-state index contributed by atoms with van der Waals surface area (Å²) in [4.78, 5) is 0. The van der Waals surface area contributed by atoms with E-state index in [4.69, 9.17) is 0 Å². The topological polar surface area (TPSA) is 45.1 Å². The molecule has 0 radical (unpaired) electrons. The molecule has 2 aliphatic heterocycles. The Morgan fingerprint density at radius 3 is 2.94 bits per heavy atom. The summed E-state index contributed by atoms with van der Waals surface area (Å²) in [6.45, 7) is 8.54. The standard InChI is InChI=1S/C11H19N5S/c1-7-6-15-10(4-12-7)11(5-13-15)16-9(3)8(2)14-17-16/h5,7-9,12,14H,4,6H2,1-3H3/t7-,8?,9?/m0/s1. The molecular formula is C11H19N5S. The van der Waals surface area contributed by atoms with E-state index < -0.39 is 0 Å². The average molecular weight is 253 g/mol. The van der Waals surface area contributed by atoms with Gasteiger partial charge in [-0.1, -0.05) is 0 Å². The van der Waals surface area contributed by atoms with Gasteiger partial charge in [-0.15, -0.1) is 0 Å². The van der Waals surface area contributed by atoms with Crippen molar-refractivity contribution in [3.63, 3.8) is 0 Å². The van der Waals surface area contributed by atoms with Crippen molar-refractivity contribution in [2.75, 3.05) is 4.31 Å². The average Bonchev–Trinajstić information content (AvgIpc) is 2.84. The molecule has 1 aromatic heterocycles. The molecule has 0 aromatic carbocycles. The molecule has 2 N–H and O–H groups in total. The molecule has 17 heavy (non-hydrogen) atoms. The Hall–Kier alpha value is -0.720. The Bertz CT molecular complexity index is 418. The molecule has 1 fully saturated rings. The molecule has 5 nitrogen and oxygen atoms in total. The zero-order valence-corrected chi connectivity index (χ0v) is 11.3. The van der Waals surface area contributed by atoms with E-state index in [1.807, 2.05) is 6.20 Å². The molecule has 0 bridgehead atoms. The summed E-state index contributed by atoms with van der Waals surface area (Å²) in [6.07, 6.45) is 2.00. The normalized spacial score (nSPS) is 32.9. The summed E-state index contributed by atoms with van der Waals surface area (Å²) in [5.41, 5.74) is 2.55. The summed E-state index contributed by atoms with van der Waals surface area (Å²) in [7, 11) is 0. The van der Waals surface area contributed by atoms with Crippen LogP contribution in [0.2, 0.25) is 0 Å². The van der Waals surface area contributed by atoms with Crippen molar-refractivity contribution in [1.29, 1.82) is 0 Å². The van der Waals surface area contributed by atoms with Gasteiger partial charge in [0.1, 0.15) is 0 Å². The minimum Gasteiger partial charge on any atom is -0.307 e. The first-order chi connectivity index (χ1) is 8.16. The van der Waals surface area contributed by atoms with Gasteiger partial charge >= 0.3 is 0 Å². The van der Waals surface area contributed by atoms with Gasteiger partial charge in [0.15, 0.2) is 0 Å². The monoisotopic (exact) mass is 253 g/mol. The largest absolute Gasteiger partial charge is 0.307 e. The third-order valence-electron chi connectivity index (χ3n) is 3.66. The first-order valence-electron chi connectivity index (χ1n) is 6.16. The lowest BCUT2D eigenvalue weighted by Gasteiger charge is -2.26. The van der Waals surface area contributed by atoms with Crippen LogP contribution in [0.15, 0.2) is 6.20 Å². The second kappa shape index (κ2) is 4.19. The molecule has 3 rings (SSSR count). The smallest absolute Gasteiger partial charge is 0.0911 e. The fourth-order valence-electron chi connectivity index (χ4n) is 2.31. The number of hydrogen-bond acceptors (Lipinski definition) is 5. The van der Waals surface area contributed by atoms with Gasteiger partial charge in [0.05, 0.1) is 30.2 Å². The Morgan fingerprint density at radius 1 is 1.41 bits per heavy atom. The maximum Gasteiger partial charge on any atom is 0.0911 e. The van der Waals surface area contributed by atoms with E-state index in [1.165, 1.54) is 11.4 Å². The zero-order chi connectivity index (χ0) is 12.0. The van der Waals surface area contributed by atoms with Crippen LogP contribution >= 0.6 is 12.1 Å². The van der Waals surface area contributed by atoms with E-state index in [-0.39, 0.29) is 0 Å². The first kappa shape index (κ1) is 11.4. The van der Waals surface area contributed by atoms with Crippen LogP contribution in [-0.4, -0.2) is 27.9 Å². The number of nitrogens with one attached hydrogen (secondary N) is 2. The Kier molecular flexibility index (Phi) is 2.80. The SMILES string of the molecule is CC1NSN(c2cnn3c2CN[C@@H](C)C3)C1C. The molecule has 3 heterocycles. The van der Waals surface area contributed by atoms with Gasteiger partial charge < -0.3 is 5.32 Å². The Morgan fingerprint density at radius 2 is 2.24 bits per heavy atom. The van der Waals surface area contributed by atoms with Crippen LogP contribution in [0.3, 0.4) is 0 Å².